The van der Waals surface area contributed by atoms with Gasteiger partial charge in [0, 0.05) is 5.56 Å². The standard InChI is InChI=1S/C9H8ClO2/c1-9(10,12-7-11)8-5-3-2-4-6-8/h2-6H,1H3. The van der Waals surface area contributed by atoms with Crippen LogP contribution in [0.25, 0.3) is 0 Å². The van der Waals surface area contributed by atoms with Gasteiger partial charge in [-0.25, -0.2) is 4.79 Å². The Hall–Kier alpha value is -1.02. The van der Waals surface area contributed by atoms with Crippen molar-refractivity contribution < 1.29 is 9.53 Å². The summed E-state index contributed by atoms with van der Waals surface area (Å²) in [5.74, 6) is 0. The fraction of sp³-hybridized carbons (Fsp3) is 0.222. The minimum atomic E-state index is -1.11. The highest BCUT2D eigenvalue weighted by molar-refractivity contribution is 6.23. The van der Waals surface area contributed by atoms with Crippen LogP contribution in [0.3, 0.4) is 0 Å². The van der Waals surface area contributed by atoms with Gasteiger partial charge in [-0.1, -0.05) is 41.9 Å². The van der Waals surface area contributed by atoms with Gasteiger partial charge in [0.2, 0.25) is 5.06 Å². The molecule has 0 bridgehead atoms. The van der Waals surface area contributed by atoms with Crippen molar-refractivity contribution in [2.75, 3.05) is 0 Å². The number of carbonyl (C=O) groups excluding carboxylic acids is 1. The molecule has 0 N–H and O–H groups in total. The van der Waals surface area contributed by atoms with Crippen LogP contribution >= 0.6 is 11.6 Å². The highest BCUT2D eigenvalue weighted by Crippen LogP contribution is 2.28. The lowest BCUT2D eigenvalue weighted by Gasteiger charge is -2.18. The molecule has 12 heavy (non-hydrogen) atoms. The predicted molar refractivity (Wildman–Crippen MR) is 46.4 cm³/mol. The molecule has 2 nitrogen and oxygen atoms in total. The van der Waals surface area contributed by atoms with Crippen LogP contribution in [-0.4, -0.2) is 6.47 Å². The molecule has 3 heteroatoms. The molecule has 1 atom stereocenters. The third kappa shape index (κ3) is 1.98. The van der Waals surface area contributed by atoms with Crippen molar-refractivity contribution >= 4 is 18.1 Å². The molecule has 0 fully saturated rings. The maximum Gasteiger partial charge on any atom is 0.419 e. The summed E-state index contributed by atoms with van der Waals surface area (Å²) in [4.78, 5) is 9.96. The topological polar surface area (TPSA) is 26.3 Å². The zero-order valence-corrected chi connectivity index (χ0v) is 7.34. The number of ether oxygens (including phenoxy) is 1. The van der Waals surface area contributed by atoms with Crippen molar-refractivity contribution in [3.63, 3.8) is 0 Å². The molecule has 1 unspecified atom stereocenters. The van der Waals surface area contributed by atoms with Crippen LogP contribution in [0.15, 0.2) is 30.3 Å². The Morgan fingerprint density at radius 2 is 2.00 bits per heavy atom. The average Bonchev–Trinajstić information content (AvgIpc) is 2.06. The summed E-state index contributed by atoms with van der Waals surface area (Å²) in [7, 11) is 0. The van der Waals surface area contributed by atoms with E-state index in [4.69, 9.17) is 11.6 Å². The number of alkyl halides is 1. The monoisotopic (exact) mass is 183 g/mol. The van der Waals surface area contributed by atoms with E-state index in [1.165, 1.54) is 6.47 Å². The number of rotatable bonds is 3. The summed E-state index contributed by atoms with van der Waals surface area (Å²) in [6.07, 6.45) is 0. The van der Waals surface area contributed by atoms with E-state index in [9.17, 15) is 4.79 Å². The summed E-state index contributed by atoms with van der Waals surface area (Å²) in [5.41, 5.74) is 0.731. The van der Waals surface area contributed by atoms with Gasteiger partial charge in [-0.15, -0.1) is 0 Å². The minimum Gasteiger partial charge on any atom is -0.431 e. The van der Waals surface area contributed by atoms with Crippen LogP contribution in [0.4, 0.5) is 0 Å². The van der Waals surface area contributed by atoms with E-state index >= 15 is 0 Å². The normalized spacial score (nSPS) is 14.8. The fourth-order valence-corrected chi connectivity index (χ4v) is 1.03. The van der Waals surface area contributed by atoms with Gasteiger partial charge in [-0.2, -0.15) is 0 Å². The van der Waals surface area contributed by atoms with Gasteiger partial charge in [-0.05, 0) is 6.92 Å². The summed E-state index contributed by atoms with van der Waals surface area (Å²) in [6, 6.07) is 9.07. The van der Waals surface area contributed by atoms with E-state index in [1.807, 2.05) is 18.2 Å². The van der Waals surface area contributed by atoms with Gasteiger partial charge < -0.3 is 4.74 Å². The quantitative estimate of drug-likeness (QED) is 0.672. The first kappa shape index (κ1) is 9.07. The highest BCUT2D eigenvalue weighted by Gasteiger charge is 2.24. The lowest BCUT2D eigenvalue weighted by atomic mass is 10.1. The molecule has 0 heterocycles. The Morgan fingerprint density at radius 3 is 2.50 bits per heavy atom. The summed E-state index contributed by atoms with van der Waals surface area (Å²) < 4.78 is 4.58. The van der Waals surface area contributed by atoms with Gasteiger partial charge in [0.25, 0.3) is 0 Å². The van der Waals surface area contributed by atoms with Crippen molar-refractivity contribution in [1.82, 2.24) is 0 Å². The third-order valence-electron chi connectivity index (χ3n) is 1.52. The van der Waals surface area contributed by atoms with Crippen LogP contribution < -0.4 is 0 Å². The molecular formula is C9H8ClO2. The lowest BCUT2D eigenvalue weighted by molar-refractivity contribution is 0.154. The SMILES string of the molecule is CC(Cl)(O[C]=O)c1ccccc1. The molecule has 0 aliphatic rings. The molecule has 63 valence electrons. The smallest absolute Gasteiger partial charge is 0.419 e. The zero-order valence-electron chi connectivity index (χ0n) is 6.58. The van der Waals surface area contributed by atoms with Gasteiger partial charge in [-0.3, -0.25) is 0 Å². The molecule has 1 aromatic rings. The third-order valence-corrected chi connectivity index (χ3v) is 1.82. The zero-order chi connectivity index (χ0) is 9.03. The van der Waals surface area contributed by atoms with Crippen LogP contribution in [0.2, 0.25) is 0 Å². The fourth-order valence-electron chi connectivity index (χ4n) is 0.873. The van der Waals surface area contributed by atoms with E-state index in [2.05, 4.69) is 4.74 Å². The van der Waals surface area contributed by atoms with Crippen molar-refractivity contribution in [2.24, 2.45) is 0 Å². The summed E-state index contributed by atoms with van der Waals surface area (Å²) >= 11 is 5.88. The van der Waals surface area contributed by atoms with E-state index in [1.54, 1.807) is 19.1 Å². The molecule has 1 radical (unpaired) electrons. The first-order valence-corrected chi connectivity index (χ1v) is 3.84. The average molecular weight is 184 g/mol. The van der Waals surface area contributed by atoms with E-state index in [0.717, 1.165) is 5.56 Å². The van der Waals surface area contributed by atoms with Crippen molar-refractivity contribution in [1.29, 1.82) is 0 Å². The molecule has 0 aliphatic carbocycles. The summed E-state index contributed by atoms with van der Waals surface area (Å²) in [5, 5.41) is -1.11. The second kappa shape index (κ2) is 3.59. The molecule has 0 saturated heterocycles. The Labute approximate surface area is 76.1 Å². The molecule has 0 spiro atoms. The second-order valence-corrected chi connectivity index (χ2v) is 3.19. The van der Waals surface area contributed by atoms with E-state index < -0.39 is 5.06 Å². The van der Waals surface area contributed by atoms with Crippen molar-refractivity contribution in [3.8, 4) is 0 Å². The van der Waals surface area contributed by atoms with Gasteiger partial charge in [0.15, 0.2) is 0 Å². The maximum absolute atomic E-state index is 9.96. The Kier molecular flexibility index (Phi) is 2.71. The van der Waals surface area contributed by atoms with Crippen LogP contribution in [0.5, 0.6) is 0 Å². The Morgan fingerprint density at radius 1 is 1.42 bits per heavy atom. The molecule has 0 saturated carbocycles. The number of halogens is 1. The van der Waals surface area contributed by atoms with Crippen LogP contribution in [-0.2, 0) is 14.6 Å². The predicted octanol–water partition coefficient (Wildman–Crippen LogP) is 2.18. The molecular weight excluding hydrogens is 176 g/mol. The lowest BCUT2D eigenvalue weighted by Crippen LogP contribution is -2.17. The van der Waals surface area contributed by atoms with Crippen LogP contribution in [0, 0.1) is 0 Å². The molecule has 0 amide bonds. The molecule has 1 rings (SSSR count). The molecule has 0 aliphatic heterocycles. The van der Waals surface area contributed by atoms with E-state index in [0.29, 0.717) is 0 Å². The maximum atomic E-state index is 9.96. The van der Waals surface area contributed by atoms with Gasteiger partial charge in [0.1, 0.15) is 0 Å². The first-order chi connectivity index (χ1) is 5.67. The summed E-state index contributed by atoms with van der Waals surface area (Å²) in [6.45, 7) is 2.92. The van der Waals surface area contributed by atoms with Crippen molar-refractivity contribution in [3.05, 3.63) is 35.9 Å². The Balaban J connectivity index is 2.89. The highest BCUT2D eigenvalue weighted by atomic mass is 35.5. The number of hydrogen-bond donors (Lipinski definition) is 0. The largest absolute Gasteiger partial charge is 0.431 e. The van der Waals surface area contributed by atoms with Gasteiger partial charge in [0.05, 0.1) is 0 Å². The van der Waals surface area contributed by atoms with Crippen molar-refractivity contribution in [2.45, 2.75) is 12.0 Å². The molecule has 1 aromatic carbocycles. The second-order valence-electron chi connectivity index (χ2n) is 2.47. The molecule has 0 aromatic heterocycles. The van der Waals surface area contributed by atoms with Crippen LogP contribution in [0.1, 0.15) is 12.5 Å². The first-order valence-electron chi connectivity index (χ1n) is 3.46. The van der Waals surface area contributed by atoms with E-state index in [-0.39, 0.29) is 0 Å². The Bertz CT molecular complexity index is 256. The minimum absolute atomic E-state index is 0.731. The number of benzene rings is 1. The number of hydrogen-bond acceptors (Lipinski definition) is 2. The van der Waals surface area contributed by atoms with Gasteiger partial charge >= 0.3 is 6.47 Å².